The van der Waals surface area contributed by atoms with Crippen molar-refractivity contribution in [1.82, 2.24) is 5.32 Å². The summed E-state index contributed by atoms with van der Waals surface area (Å²) in [6.45, 7) is 5.17. The molecule has 0 spiro atoms. The number of halogens is 3. The van der Waals surface area contributed by atoms with Gasteiger partial charge in [-0.25, -0.2) is 0 Å². The lowest BCUT2D eigenvalue weighted by molar-refractivity contribution is 0.599. The van der Waals surface area contributed by atoms with Crippen LogP contribution in [0.5, 0.6) is 0 Å². The summed E-state index contributed by atoms with van der Waals surface area (Å²) in [4.78, 5) is 0. The molecule has 0 aliphatic heterocycles. The van der Waals surface area contributed by atoms with Crippen LogP contribution in [-0.4, -0.2) is 6.54 Å². The van der Waals surface area contributed by atoms with Gasteiger partial charge in [0.15, 0.2) is 0 Å². The van der Waals surface area contributed by atoms with Crippen LogP contribution in [0.4, 0.5) is 0 Å². The molecule has 0 saturated carbocycles. The van der Waals surface area contributed by atoms with Crippen LogP contribution in [0.2, 0.25) is 8.67 Å². The average Bonchev–Trinajstić information content (AvgIpc) is 2.68. The van der Waals surface area contributed by atoms with Gasteiger partial charge in [0, 0.05) is 10.0 Å². The second-order valence-electron chi connectivity index (χ2n) is 4.73. The minimum atomic E-state index is 0.0717. The largest absolute Gasteiger partial charge is 0.306 e. The maximum atomic E-state index is 6.33. The van der Waals surface area contributed by atoms with Crippen molar-refractivity contribution in [3.05, 3.63) is 54.1 Å². The summed E-state index contributed by atoms with van der Waals surface area (Å²) in [6.07, 6.45) is 1.07. The molecule has 1 aromatic heterocycles. The molecule has 0 saturated heterocycles. The molecule has 0 radical (unpaired) electrons. The van der Waals surface area contributed by atoms with Gasteiger partial charge in [0.05, 0.1) is 14.7 Å². The van der Waals surface area contributed by atoms with Gasteiger partial charge in [-0.3, -0.25) is 0 Å². The van der Waals surface area contributed by atoms with Crippen LogP contribution in [0.25, 0.3) is 0 Å². The van der Waals surface area contributed by atoms with Crippen molar-refractivity contribution < 1.29 is 0 Å². The molecule has 0 aliphatic rings. The second kappa shape index (κ2) is 7.28. The SMILES string of the molecule is CCCNC(c1cc(C)cc(Br)c1)c1cc(Cl)sc1Cl. The topological polar surface area (TPSA) is 12.0 Å². The monoisotopic (exact) mass is 391 g/mol. The van der Waals surface area contributed by atoms with Crippen molar-refractivity contribution in [3.63, 3.8) is 0 Å². The van der Waals surface area contributed by atoms with Crippen molar-refractivity contribution in [1.29, 1.82) is 0 Å². The van der Waals surface area contributed by atoms with E-state index in [1.165, 1.54) is 22.5 Å². The first-order chi connectivity index (χ1) is 9.51. The van der Waals surface area contributed by atoms with E-state index in [1.54, 1.807) is 0 Å². The fraction of sp³-hybridized carbons (Fsp3) is 0.333. The molecule has 0 aliphatic carbocycles. The van der Waals surface area contributed by atoms with Gasteiger partial charge in [0.25, 0.3) is 0 Å². The minimum Gasteiger partial charge on any atom is -0.306 e. The predicted octanol–water partition coefficient (Wildman–Crippen LogP) is 6.21. The number of thiophene rings is 1. The third-order valence-corrected chi connectivity index (χ3v) is 4.97. The molecule has 0 fully saturated rings. The van der Waals surface area contributed by atoms with Gasteiger partial charge < -0.3 is 5.32 Å². The Morgan fingerprint density at radius 3 is 2.55 bits per heavy atom. The Labute approximate surface area is 142 Å². The van der Waals surface area contributed by atoms with Gasteiger partial charge in [-0.2, -0.15) is 0 Å². The van der Waals surface area contributed by atoms with Crippen molar-refractivity contribution in [2.45, 2.75) is 26.3 Å². The smallest absolute Gasteiger partial charge is 0.0995 e. The van der Waals surface area contributed by atoms with E-state index in [9.17, 15) is 0 Å². The first kappa shape index (κ1) is 16.3. The van der Waals surface area contributed by atoms with E-state index in [2.05, 4.69) is 53.3 Å². The maximum absolute atomic E-state index is 6.33. The third-order valence-electron chi connectivity index (χ3n) is 2.99. The Balaban J connectivity index is 2.43. The Morgan fingerprint density at radius 1 is 1.25 bits per heavy atom. The van der Waals surface area contributed by atoms with E-state index in [4.69, 9.17) is 23.2 Å². The van der Waals surface area contributed by atoms with Gasteiger partial charge in [0.1, 0.15) is 0 Å². The molecule has 1 heterocycles. The first-order valence-corrected chi connectivity index (χ1v) is 8.83. The molecule has 1 unspecified atom stereocenters. The molecule has 1 aromatic carbocycles. The van der Waals surface area contributed by atoms with Crippen LogP contribution in [0.3, 0.4) is 0 Å². The summed E-state index contributed by atoms with van der Waals surface area (Å²) in [5.41, 5.74) is 3.46. The Hall–Kier alpha value is -0.0600. The van der Waals surface area contributed by atoms with E-state index in [0.29, 0.717) is 0 Å². The molecule has 2 aromatic rings. The fourth-order valence-corrected chi connectivity index (χ4v) is 4.33. The van der Waals surface area contributed by atoms with Gasteiger partial charge >= 0.3 is 0 Å². The van der Waals surface area contributed by atoms with Crippen molar-refractivity contribution in [2.24, 2.45) is 0 Å². The van der Waals surface area contributed by atoms with Crippen LogP contribution in [0.1, 0.15) is 36.1 Å². The van der Waals surface area contributed by atoms with E-state index in [1.807, 2.05) is 6.07 Å². The summed E-state index contributed by atoms with van der Waals surface area (Å²) >= 11 is 17.4. The molecule has 5 heteroatoms. The molecule has 0 amide bonds. The summed E-state index contributed by atoms with van der Waals surface area (Å²) < 4.78 is 2.55. The van der Waals surface area contributed by atoms with Crippen LogP contribution in [0, 0.1) is 6.92 Å². The molecule has 2 rings (SSSR count). The number of aryl methyl sites for hydroxylation is 1. The highest BCUT2D eigenvalue weighted by molar-refractivity contribution is 9.10. The standard InChI is InChI=1S/C15H16BrCl2NS/c1-3-4-19-14(12-8-13(17)20-15(12)18)10-5-9(2)6-11(16)7-10/h5-8,14,19H,3-4H2,1-2H3. The lowest BCUT2D eigenvalue weighted by Crippen LogP contribution is -2.23. The van der Waals surface area contributed by atoms with Gasteiger partial charge in [0.2, 0.25) is 0 Å². The van der Waals surface area contributed by atoms with E-state index < -0.39 is 0 Å². The van der Waals surface area contributed by atoms with E-state index in [-0.39, 0.29) is 6.04 Å². The molecular formula is C15H16BrCl2NS. The number of hydrogen-bond donors (Lipinski definition) is 1. The molecular weight excluding hydrogens is 377 g/mol. The quantitative estimate of drug-likeness (QED) is 0.637. The third kappa shape index (κ3) is 3.99. The zero-order valence-electron chi connectivity index (χ0n) is 11.3. The summed E-state index contributed by atoms with van der Waals surface area (Å²) in [5, 5.41) is 3.55. The number of hydrogen-bond acceptors (Lipinski definition) is 2. The highest BCUT2D eigenvalue weighted by atomic mass is 79.9. The number of rotatable bonds is 5. The Bertz CT molecular complexity index is 577. The van der Waals surface area contributed by atoms with Crippen LogP contribution < -0.4 is 5.32 Å². The normalized spacial score (nSPS) is 12.7. The predicted molar refractivity (Wildman–Crippen MR) is 93.4 cm³/mol. The van der Waals surface area contributed by atoms with Gasteiger partial charge in [-0.05, 0) is 49.2 Å². The van der Waals surface area contributed by atoms with Gasteiger partial charge in [-0.1, -0.05) is 52.1 Å². The molecule has 0 bridgehead atoms. The molecule has 108 valence electrons. The zero-order chi connectivity index (χ0) is 14.7. The first-order valence-electron chi connectivity index (χ1n) is 6.46. The fourth-order valence-electron chi connectivity index (χ4n) is 2.18. The lowest BCUT2D eigenvalue weighted by atomic mass is 9.99. The lowest BCUT2D eigenvalue weighted by Gasteiger charge is -2.19. The zero-order valence-corrected chi connectivity index (χ0v) is 15.3. The molecule has 1 N–H and O–H groups in total. The van der Waals surface area contributed by atoms with Crippen molar-refractivity contribution in [3.8, 4) is 0 Å². The molecule has 1 atom stereocenters. The van der Waals surface area contributed by atoms with Crippen LogP contribution in [0.15, 0.2) is 28.7 Å². The van der Waals surface area contributed by atoms with Crippen LogP contribution in [-0.2, 0) is 0 Å². The minimum absolute atomic E-state index is 0.0717. The second-order valence-corrected chi connectivity index (χ2v) is 7.93. The molecule has 1 nitrogen and oxygen atoms in total. The maximum Gasteiger partial charge on any atom is 0.0995 e. The van der Waals surface area contributed by atoms with Crippen LogP contribution >= 0.6 is 50.5 Å². The average molecular weight is 393 g/mol. The highest BCUT2D eigenvalue weighted by Gasteiger charge is 2.19. The summed E-state index contributed by atoms with van der Waals surface area (Å²) in [6, 6.07) is 8.44. The Morgan fingerprint density at radius 2 is 2.00 bits per heavy atom. The Kier molecular flexibility index (Phi) is 5.94. The number of benzene rings is 1. The summed E-state index contributed by atoms with van der Waals surface area (Å²) in [5.74, 6) is 0. The molecule has 20 heavy (non-hydrogen) atoms. The van der Waals surface area contributed by atoms with E-state index in [0.717, 1.165) is 31.7 Å². The van der Waals surface area contributed by atoms with Crippen molar-refractivity contribution >= 4 is 50.5 Å². The van der Waals surface area contributed by atoms with Crippen molar-refractivity contribution in [2.75, 3.05) is 6.54 Å². The summed E-state index contributed by atoms with van der Waals surface area (Å²) in [7, 11) is 0. The number of nitrogens with one attached hydrogen (secondary N) is 1. The van der Waals surface area contributed by atoms with Gasteiger partial charge in [-0.15, -0.1) is 11.3 Å². The van der Waals surface area contributed by atoms with E-state index >= 15 is 0 Å². The highest BCUT2D eigenvalue weighted by Crippen LogP contribution is 2.38.